The Morgan fingerprint density at radius 1 is 1.02 bits per heavy atom. The van der Waals surface area contributed by atoms with Crippen LogP contribution in [0.3, 0.4) is 0 Å². The Balaban J connectivity index is 1.70. The van der Waals surface area contributed by atoms with Crippen molar-refractivity contribution in [2.75, 3.05) is 7.11 Å². The number of hydrogen-bond donors (Lipinski definition) is 0. The van der Waals surface area contributed by atoms with Crippen molar-refractivity contribution in [3.05, 3.63) is 101 Å². The van der Waals surface area contributed by atoms with E-state index in [0.29, 0.717) is 30.8 Å². The van der Waals surface area contributed by atoms with E-state index in [1.54, 1.807) is 18.2 Å². The van der Waals surface area contributed by atoms with Gasteiger partial charge in [0, 0.05) is 18.3 Å². The maximum atomic E-state index is 13.9. The second-order valence-corrected chi connectivity index (χ2v) is 12.9. The first-order valence-corrected chi connectivity index (χ1v) is 15.4. The van der Waals surface area contributed by atoms with Gasteiger partial charge in [0.05, 0.1) is 7.11 Å². The number of esters is 1. The van der Waals surface area contributed by atoms with Gasteiger partial charge in [-0.05, 0) is 83.4 Å². The lowest BCUT2D eigenvalue weighted by Gasteiger charge is -2.28. The topological polar surface area (TPSA) is 60.4 Å². The fraction of sp³-hybridized carbons (Fsp3) is 0.447. The third kappa shape index (κ3) is 9.98. The van der Waals surface area contributed by atoms with Gasteiger partial charge >= 0.3 is 5.97 Å². The minimum atomic E-state index is -0.461. The van der Waals surface area contributed by atoms with E-state index in [1.807, 2.05) is 64.1 Å². The van der Waals surface area contributed by atoms with Crippen molar-refractivity contribution in [3.8, 4) is 0 Å². The van der Waals surface area contributed by atoms with Gasteiger partial charge in [-0.25, -0.2) is 4.39 Å². The summed E-state index contributed by atoms with van der Waals surface area (Å²) >= 11 is 0. The molecule has 0 spiro atoms. The first-order chi connectivity index (χ1) is 20.3. The van der Waals surface area contributed by atoms with E-state index in [2.05, 4.69) is 13.5 Å². The van der Waals surface area contributed by atoms with Gasteiger partial charge < -0.3 is 4.74 Å². The van der Waals surface area contributed by atoms with Gasteiger partial charge in [-0.15, -0.1) is 0 Å². The van der Waals surface area contributed by atoms with Crippen molar-refractivity contribution >= 4 is 23.6 Å². The number of ether oxygens (including phenoxy) is 1. The average molecular weight is 587 g/mol. The zero-order chi connectivity index (χ0) is 31.7. The highest BCUT2D eigenvalue weighted by Crippen LogP contribution is 2.50. The summed E-state index contributed by atoms with van der Waals surface area (Å²) in [5.41, 5.74) is 4.35. The van der Waals surface area contributed by atoms with Crippen LogP contribution in [0.25, 0.3) is 6.08 Å². The molecule has 1 aliphatic carbocycles. The van der Waals surface area contributed by atoms with Crippen LogP contribution in [-0.2, 0) is 32.0 Å². The summed E-state index contributed by atoms with van der Waals surface area (Å²) in [5.74, 6) is -0.767. The van der Waals surface area contributed by atoms with E-state index in [-0.39, 0.29) is 41.6 Å². The van der Waals surface area contributed by atoms with Crippen LogP contribution in [0.4, 0.5) is 4.39 Å². The van der Waals surface area contributed by atoms with E-state index in [1.165, 1.54) is 19.2 Å². The fourth-order valence-corrected chi connectivity index (χ4v) is 5.91. The van der Waals surface area contributed by atoms with Crippen molar-refractivity contribution in [1.82, 2.24) is 0 Å². The highest BCUT2D eigenvalue weighted by molar-refractivity contribution is 6.04. The van der Waals surface area contributed by atoms with Gasteiger partial charge in [0.25, 0.3) is 0 Å². The number of methoxy groups -OCH3 is 1. The molecule has 1 aliphatic rings. The molecule has 0 heterocycles. The van der Waals surface area contributed by atoms with Crippen LogP contribution < -0.4 is 0 Å². The summed E-state index contributed by atoms with van der Waals surface area (Å²) in [6, 6.07) is 14.5. The molecular weight excluding hydrogens is 539 g/mol. The molecule has 0 aliphatic heterocycles. The van der Waals surface area contributed by atoms with E-state index in [0.717, 1.165) is 35.1 Å². The molecule has 2 aromatic carbocycles. The lowest BCUT2D eigenvalue weighted by molar-refractivity contribution is -0.140. The average Bonchev–Trinajstić information content (AvgIpc) is 3.74. The van der Waals surface area contributed by atoms with Crippen LogP contribution in [0, 0.1) is 34.9 Å². The van der Waals surface area contributed by atoms with Crippen molar-refractivity contribution in [2.45, 2.75) is 73.1 Å². The zero-order valence-electron chi connectivity index (χ0n) is 26.6. The van der Waals surface area contributed by atoms with Gasteiger partial charge in [0.2, 0.25) is 0 Å². The van der Waals surface area contributed by atoms with Gasteiger partial charge in [0.15, 0.2) is 11.6 Å². The molecule has 4 atom stereocenters. The summed E-state index contributed by atoms with van der Waals surface area (Å²) in [4.78, 5) is 39.2. The van der Waals surface area contributed by atoms with Gasteiger partial charge in [-0.1, -0.05) is 102 Å². The quantitative estimate of drug-likeness (QED) is 0.119. The molecule has 0 saturated heterocycles. The summed E-state index contributed by atoms with van der Waals surface area (Å²) in [6.45, 7) is 14.2. The molecule has 4 nitrogen and oxygen atoms in total. The third-order valence-electron chi connectivity index (χ3n) is 8.48. The van der Waals surface area contributed by atoms with E-state index in [9.17, 15) is 18.8 Å². The predicted molar refractivity (Wildman–Crippen MR) is 172 cm³/mol. The summed E-state index contributed by atoms with van der Waals surface area (Å²) in [7, 11) is 1.36. The molecule has 0 bridgehead atoms. The molecule has 5 heteroatoms. The highest BCUT2D eigenvalue weighted by Gasteiger charge is 2.48. The number of rotatable bonds is 15. The van der Waals surface area contributed by atoms with Crippen LogP contribution in [-0.4, -0.2) is 24.6 Å². The smallest absolute Gasteiger partial charge is 0.305 e. The van der Waals surface area contributed by atoms with Crippen LogP contribution in [0.15, 0.2) is 78.4 Å². The van der Waals surface area contributed by atoms with Gasteiger partial charge in [0.1, 0.15) is 5.82 Å². The Hall–Kier alpha value is -3.60. The molecule has 0 radical (unpaired) electrons. The summed E-state index contributed by atoms with van der Waals surface area (Å²) in [6.07, 6.45) is 9.32. The number of carbonyl (C=O) groups is 3. The maximum Gasteiger partial charge on any atom is 0.305 e. The third-order valence-corrected chi connectivity index (χ3v) is 8.48. The number of halogens is 1. The van der Waals surface area contributed by atoms with Crippen molar-refractivity contribution in [1.29, 1.82) is 0 Å². The Bertz CT molecular complexity index is 1340. The largest absolute Gasteiger partial charge is 0.469 e. The van der Waals surface area contributed by atoms with Crippen molar-refractivity contribution < 1.29 is 23.5 Å². The highest BCUT2D eigenvalue weighted by atomic mass is 19.1. The molecule has 0 aromatic heterocycles. The molecule has 1 fully saturated rings. The van der Waals surface area contributed by atoms with Crippen LogP contribution >= 0.6 is 0 Å². The molecule has 2 aromatic rings. The summed E-state index contributed by atoms with van der Waals surface area (Å²) < 4.78 is 17.9. The summed E-state index contributed by atoms with van der Waals surface area (Å²) in [5, 5.41) is 0. The van der Waals surface area contributed by atoms with E-state index in [4.69, 9.17) is 4.74 Å². The van der Waals surface area contributed by atoms with Gasteiger partial charge in [-0.2, -0.15) is 0 Å². The lowest BCUT2D eigenvalue weighted by Crippen LogP contribution is -2.33. The maximum absolute atomic E-state index is 13.9. The minimum Gasteiger partial charge on any atom is -0.469 e. The molecule has 0 amide bonds. The molecule has 0 N–H and O–H groups in total. The molecule has 43 heavy (non-hydrogen) atoms. The molecule has 3 rings (SSSR count). The second kappa shape index (κ2) is 15.2. The predicted octanol–water partition coefficient (Wildman–Crippen LogP) is 8.54. The number of ketones is 2. The lowest BCUT2D eigenvalue weighted by atomic mass is 9.74. The Morgan fingerprint density at radius 3 is 2.12 bits per heavy atom. The van der Waals surface area contributed by atoms with Crippen molar-refractivity contribution in [3.63, 3.8) is 0 Å². The Morgan fingerprint density at radius 2 is 1.60 bits per heavy atom. The molecular formula is C38H47FO4. The number of benzene rings is 2. The second-order valence-electron chi connectivity index (χ2n) is 12.9. The Kier molecular flexibility index (Phi) is 12.0. The fourth-order valence-electron chi connectivity index (χ4n) is 5.91. The van der Waals surface area contributed by atoms with E-state index >= 15 is 0 Å². The van der Waals surface area contributed by atoms with Crippen LogP contribution in [0.2, 0.25) is 0 Å². The molecule has 1 saturated carbocycles. The first-order valence-electron chi connectivity index (χ1n) is 15.4. The number of hydrogen-bond acceptors (Lipinski definition) is 4. The first kappa shape index (κ1) is 33.9. The van der Waals surface area contributed by atoms with Gasteiger partial charge in [-0.3, -0.25) is 14.4 Å². The van der Waals surface area contributed by atoms with Crippen LogP contribution in [0.5, 0.6) is 0 Å². The molecule has 230 valence electrons. The SMILES string of the molecule is C=C(Cc1ccc(F)cc1)Cc1ccc(/C=C/C(=O)C(C(C)C(=O)/C(=C\CCC(=O)OC)C(C)(C)C)C2CC2CC)cc1. The Labute approximate surface area is 257 Å². The monoisotopic (exact) mass is 586 g/mol. The van der Waals surface area contributed by atoms with E-state index < -0.39 is 11.3 Å². The molecule has 4 unspecified atom stereocenters. The zero-order valence-corrected chi connectivity index (χ0v) is 26.6. The van der Waals surface area contributed by atoms with Crippen molar-refractivity contribution in [2.24, 2.45) is 29.1 Å². The number of Topliss-reactive ketones (excluding diaryl/α,β-unsaturated/α-hetero) is 1. The number of allylic oxidation sites excluding steroid dienone is 4. The standard InChI is InChI=1S/C38H47FO4/c1-8-30-24-32(30)36(26(3)37(42)33(38(4,5)6)10-9-11-35(41)43-7)34(40)21-18-27-12-14-28(15-13-27)22-25(2)23-29-16-19-31(39)20-17-29/h10,12-21,26,30,32,36H,2,8-9,11,22-24H2,1,3-7H3/b21-18+,33-10+. The normalized spacial score (nSPS) is 18.3. The minimum absolute atomic E-state index is 0.0126. The van der Waals surface area contributed by atoms with Crippen LogP contribution in [0.1, 0.15) is 77.0 Å². The number of carbonyl (C=O) groups excluding carboxylic acids is 3.